The summed E-state index contributed by atoms with van der Waals surface area (Å²) in [6.45, 7) is 5.46. The molecule has 6 nitrogen and oxygen atoms in total. The zero-order valence-corrected chi connectivity index (χ0v) is 17.2. The van der Waals surface area contributed by atoms with E-state index in [4.69, 9.17) is 4.74 Å². The quantitative estimate of drug-likeness (QED) is 0.631. The maximum atomic E-state index is 12.2. The van der Waals surface area contributed by atoms with Crippen molar-refractivity contribution in [1.29, 1.82) is 0 Å². The van der Waals surface area contributed by atoms with Crippen LogP contribution in [0.4, 0.5) is 0 Å². The van der Waals surface area contributed by atoms with Crippen LogP contribution >= 0.6 is 11.3 Å². The Bertz CT molecular complexity index is 785. The Hall–Kier alpha value is -2.67. The molecule has 7 heteroatoms. The fourth-order valence-corrected chi connectivity index (χ4v) is 3.30. The molecule has 1 heterocycles. The van der Waals surface area contributed by atoms with E-state index in [1.807, 2.05) is 38.1 Å². The van der Waals surface area contributed by atoms with Gasteiger partial charge in [-0.1, -0.05) is 51.1 Å². The predicted molar refractivity (Wildman–Crippen MR) is 109 cm³/mol. The summed E-state index contributed by atoms with van der Waals surface area (Å²) in [7, 11) is 0. The van der Waals surface area contributed by atoms with Gasteiger partial charge in [-0.05, 0) is 34.9 Å². The Morgan fingerprint density at radius 3 is 2.39 bits per heavy atom. The lowest BCUT2D eigenvalue weighted by atomic mass is 9.95. The first-order valence-corrected chi connectivity index (χ1v) is 10.1. The van der Waals surface area contributed by atoms with Crippen molar-refractivity contribution in [1.82, 2.24) is 10.6 Å². The molecule has 2 aromatic rings. The van der Waals surface area contributed by atoms with Gasteiger partial charge >= 0.3 is 5.97 Å². The number of hydrogen-bond acceptors (Lipinski definition) is 5. The number of rotatable bonds is 9. The van der Waals surface area contributed by atoms with Gasteiger partial charge in [0, 0.05) is 0 Å². The number of amides is 2. The van der Waals surface area contributed by atoms with Gasteiger partial charge in [0.15, 0.2) is 6.61 Å². The van der Waals surface area contributed by atoms with Crippen molar-refractivity contribution in [2.75, 3.05) is 13.2 Å². The van der Waals surface area contributed by atoms with Crippen molar-refractivity contribution in [3.63, 3.8) is 0 Å². The molecule has 0 spiro atoms. The Morgan fingerprint density at radius 1 is 1.11 bits per heavy atom. The van der Waals surface area contributed by atoms with Crippen LogP contribution in [0.5, 0.6) is 0 Å². The lowest BCUT2D eigenvalue weighted by molar-refractivity contribution is -0.147. The van der Waals surface area contributed by atoms with Crippen LogP contribution in [0.2, 0.25) is 0 Å². The smallest absolute Gasteiger partial charge is 0.325 e. The molecule has 0 fully saturated rings. The topological polar surface area (TPSA) is 84.5 Å². The summed E-state index contributed by atoms with van der Waals surface area (Å²) in [6, 6.07) is 11.4. The van der Waals surface area contributed by atoms with E-state index in [1.54, 1.807) is 17.5 Å². The van der Waals surface area contributed by atoms with E-state index in [0.29, 0.717) is 4.88 Å². The van der Waals surface area contributed by atoms with Crippen LogP contribution in [-0.2, 0) is 20.7 Å². The monoisotopic (exact) mass is 402 g/mol. The summed E-state index contributed by atoms with van der Waals surface area (Å²) in [4.78, 5) is 36.3. The van der Waals surface area contributed by atoms with Gasteiger partial charge in [0.2, 0.25) is 0 Å². The van der Waals surface area contributed by atoms with Crippen LogP contribution in [0, 0.1) is 5.92 Å². The van der Waals surface area contributed by atoms with Gasteiger partial charge in [0.05, 0.1) is 10.9 Å². The van der Waals surface area contributed by atoms with Gasteiger partial charge in [0.1, 0.15) is 6.54 Å². The highest BCUT2D eigenvalue weighted by molar-refractivity contribution is 7.12. The molecule has 0 aliphatic heterocycles. The second kappa shape index (κ2) is 10.6. The molecule has 0 saturated carbocycles. The number of aryl methyl sites for hydroxylation is 1. The molecule has 0 aliphatic rings. The van der Waals surface area contributed by atoms with Crippen molar-refractivity contribution in [3.8, 4) is 0 Å². The number of thiophene rings is 1. The number of carbonyl (C=O) groups excluding carboxylic acids is 3. The maximum Gasteiger partial charge on any atom is 0.325 e. The lowest BCUT2D eigenvalue weighted by Crippen LogP contribution is -2.36. The minimum Gasteiger partial charge on any atom is -0.454 e. The minimum absolute atomic E-state index is 0.171. The lowest BCUT2D eigenvalue weighted by Gasteiger charge is -2.23. The van der Waals surface area contributed by atoms with Crippen LogP contribution in [0.3, 0.4) is 0 Å². The first-order chi connectivity index (χ1) is 13.4. The van der Waals surface area contributed by atoms with E-state index in [1.165, 1.54) is 16.9 Å². The summed E-state index contributed by atoms with van der Waals surface area (Å²) in [6.07, 6.45) is 0.956. The van der Waals surface area contributed by atoms with E-state index in [9.17, 15) is 14.4 Å². The minimum atomic E-state index is -0.659. The average molecular weight is 403 g/mol. The third kappa shape index (κ3) is 6.49. The molecule has 2 rings (SSSR count). The molecular weight excluding hydrogens is 376 g/mol. The number of esters is 1. The molecule has 28 heavy (non-hydrogen) atoms. The van der Waals surface area contributed by atoms with Crippen molar-refractivity contribution in [2.24, 2.45) is 5.92 Å². The largest absolute Gasteiger partial charge is 0.454 e. The van der Waals surface area contributed by atoms with E-state index in [2.05, 4.69) is 17.6 Å². The summed E-state index contributed by atoms with van der Waals surface area (Å²) in [5, 5.41) is 7.16. The maximum absolute atomic E-state index is 12.2. The first kappa shape index (κ1) is 21.6. The molecule has 0 unspecified atom stereocenters. The number of ether oxygens (including phenoxy) is 1. The predicted octanol–water partition coefficient (Wildman–Crippen LogP) is 3.10. The average Bonchev–Trinajstić information content (AvgIpc) is 3.23. The van der Waals surface area contributed by atoms with Gasteiger partial charge in [-0.3, -0.25) is 14.4 Å². The number of benzene rings is 1. The second-order valence-corrected chi connectivity index (χ2v) is 7.65. The molecular formula is C21H26N2O4S. The second-order valence-electron chi connectivity index (χ2n) is 6.70. The molecule has 1 atom stereocenters. The van der Waals surface area contributed by atoms with Crippen LogP contribution in [0.25, 0.3) is 0 Å². The molecule has 0 bridgehead atoms. The zero-order chi connectivity index (χ0) is 20.5. The van der Waals surface area contributed by atoms with Crippen LogP contribution in [-0.4, -0.2) is 30.9 Å². The molecule has 2 amide bonds. The van der Waals surface area contributed by atoms with Gasteiger partial charge in [0.25, 0.3) is 11.8 Å². The number of nitrogens with one attached hydrogen (secondary N) is 2. The van der Waals surface area contributed by atoms with Crippen molar-refractivity contribution in [2.45, 2.75) is 33.2 Å². The fraction of sp³-hybridized carbons (Fsp3) is 0.381. The fourth-order valence-electron chi connectivity index (χ4n) is 2.66. The Labute approximate surface area is 169 Å². The number of hydrogen-bond donors (Lipinski definition) is 2. The van der Waals surface area contributed by atoms with E-state index in [0.717, 1.165) is 12.0 Å². The van der Waals surface area contributed by atoms with Crippen molar-refractivity contribution < 1.29 is 19.1 Å². The highest BCUT2D eigenvalue weighted by atomic mass is 32.1. The summed E-state index contributed by atoms with van der Waals surface area (Å²) < 4.78 is 4.96. The van der Waals surface area contributed by atoms with Gasteiger partial charge in [-0.2, -0.15) is 0 Å². The van der Waals surface area contributed by atoms with Crippen LogP contribution in [0.1, 0.15) is 47.6 Å². The summed E-state index contributed by atoms with van der Waals surface area (Å²) >= 11 is 1.28. The van der Waals surface area contributed by atoms with Crippen molar-refractivity contribution >= 4 is 29.1 Å². The van der Waals surface area contributed by atoms with E-state index in [-0.39, 0.29) is 36.9 Å². The van der Waals surface area contributed by atoms with E-state index < -0.39 is 5.97 Å². The summed E-state index contributed by atoms with van der Waals surface area (Å²) in [5.41, 5.74) is 2.24. The third-order valence-corrected chi connectivity index (χ3v) is 5.10. The van der Waals surface area contributed by atoms with Crippen LogP contribution in [0.15, 0.2) is 41.8 Å². The zero-order valence-electron chi connectivity index (χ0n) is 16.4. The molecule has 0 saturated heterocycles. The number of carbonyl (C=O) groups is 3. The molecule has 2 N–H and O–H groups in total. The molecule has 1 aromatic carbocycles. The SMILES string of the molecule is CCc1ccc([C@H](NC(=O)COC(=O)CNC(=O)c2cccs2)C(C)C)cc1. The Morgan fingerprint density at radius 2 is 1.82 bits per heavy atom. The van der Waals surface area contributed by atoms with Crippen LogP contribution < -0.4 is 10.6 Å². The highest BCUT2D eigenvalue weighted by Crippen LogP contribution is 2.22. The molecule has 0 radical (unpaired) electrons. The Kier molecular flexibility index (Phi) is 8.19. The molecule has 1 aromatic heterocycles. The molecule has 0 aliphatic carbocycles. The molecule has 150 valence electrons. The van der Waals surface area contributed by atoms with Gasteiger partial charge < -0.3 is 15.4 Å². The van der Waals surface area contributed by atoms with Gasteiger partial charge in [-0.15, -0.1) is 11.3 Å². The van der Waals surface area contributed by atoms with Gasteiger partial charge in [-0.25, -0.2) is 0 Å². The summed E-state index contributed by atoms with van der Waals surface area (Å²) in [5.74, 6) is -1.20. The standard InChI is InChI=1S/C21H26N2O4S/c1-4-15-7-9-16(10-8-15)20(14(2)3)23-18(24)13-27-19(25)12-22-21(26)17-6-5-11-28-17/h5-11,14,20H,4,12-13H2,1-3H3,(H,22,26)(H,23,24)/t20-/m1/s1. The third-order valence-electron chi connectivity index (χ3n) is 4.23. The highest BCUT2D eigenvalue weighted by Gasteiger charge is 2.19. The van der Waals surface area contributed by atoms with E-state index >= 15 is 0 Å². The Balaban J connectivity index is 1.80. The normalized spacial score (nSPS) is 11.7. The van der Waals surface area contributed by atoms with Crippen molar-refractivity contribution in [3.05, 3.63) is 57.8 Å². The first-order valence-electron chi connectivity index (χ1n) is 9.26.